The number of hydrogen-bond donors (Lipinski definition) is 1. The number of aliphatic hydroxyl groups is 1. The van der Waals surface area contributed by atoms with Crippen molar-refractivity contribution in [1.82, 2.24) is 0 Å². The van der Waals surface area contributed by atoms with Crippen molar-refractivity contribution in [2.75, 3.05) is 7.11 Å². The molecule has 4 heteroatoms. The minimum absolute atomic E-state index is 0.148. The Hall–Kier alpha value is -2.46. The zero-order valence-electron chi connectivity index (χ0n) is 13.9. The standard InChI is InChI=1S/C20H18O4/c1-10-12-6-7-20(2,23)16(12)9-15-17(10)19(22)14-8-11(24-3)4-5-13(14)18(15)21/h4-5,8-9,23H,6-7H2,1-3H3. The summed E-state index contributed by atoms with van der Waals surface area (Å²) in [5, 5.41) is 10.6. The maximum Gasteiger partial charge on any atom is 0.194 e. The Labute approximate surface area is 140 Å². The van der Waals surface area contributed by atoms with Crippen LogP contribution in [0.5, 0.6) is 5.75 Å². The molecule has 2 aromatic rings. The van der Waals surface area contributed by atoms with E-state index in [9.17, 15) is 14.7 Å². The first-order chi connectivity index (χ1) is 11.3. The summed E-state index contributed by atoms with van der Waals surface area (Å²) in [5.41, 5.74) is 3.28. The molecule has 2 aliphatic rings. The third-order valence-corrected chi connectivity index (χ3v) is 5.34. The molecule has 0 amide bonds. The lowest BCUT2D eigenvalue weighted by Crippen LogP contribution is -2.25. The second-order valence-electron chi connectivity index (χ2n) is 6.79. The molecule has 1 atom stereocenters. The minimum atomic E-state index is -0.946. The molecule has 122 valence electrons. The summed E-state index contributed by atoms with van der Waals surface area (Å²) in [5.74, 6) is 0.237. The van der Waals surface area contributed by atoms with Crippen LogP contribution < -0.4 is 4.74 Å². The molecule has 24 heavy (non-hydrogen) atoms. The highest BCUT2D eigenvalue weighted by molar-refractivity contribution is 6.29. The third kappa shape index (κ3) is 1.83. The summed E-state index contributed by atoms with van der Waals surface area (Å²) in [7, 11) is 1.53. The number of carbonyl (C=O) groups excluding carboxylic acids is 2. The van der Waals surface area contributed by atoms with Crippen molar-refractivity contribution in [2.24, 2.45) is 0 Å². The van der Waals surface area contributed by atoms with Gasteiger partial charge < -0.3 is 9.84 Å². The molecular weight excluding hydrogens is 304 g/mol. The van der Waals surface area contributed by atoms with E-state index < -0.39 is 5.60 Å². The maximum atomic E-state index is 13.0. The second-order valence-corrected chi connectivity index (χ2v) is 6.79. The molecule has 0 saturated carbocycles. The molecule has 0 aliphatic heterocycles. The summed E-state index contributed by atoms with van der Waals surface area (Å²) in [6.45, 7) is 3.63. The molecule has 0 heterocycles. The summed E-state index contributed by atoms with van der Waals surface area (Å²) in [4.78, 5) is 26.0. The molecule has 0 saturated heterocycles. The van der Waals surface area contributed by atoms with Gasteiger partial charge in [0.05, 0.1) is 12.7 Å². The molecule has 1 unspecified atom stereocenters. The average molecular weight is 322 g/mol. The Balaban J connectivity index is 2.00. The van der Waals surface area contributed by atoms with E-state index in [1.165, 1.54) is 7.11 Å². The van der Waals surface area contributed by atoms with E-state index in [1.54, 1.807) is 31.2 Å². The normalized spacial score (nSPS) is 21.3. The molecule has 0 fully saturated rings. The van der Waals surface area contributed by atoms with Gasteiger partial charge in [0.25, 0.3) is 0 Å². The van der Waals surface area contributed by atoms with Crippen LogP contribution in [0.4, 0.5) is 0 Å². The van der Waals surface area contributed by atoms with Gasteiger partial charge in [-0.05, 0) is 67.6 Å². The molecule has 2 aromatic carbocycles. The highest BCUT2D eigenvalue weighted by Crippen LogP contribution is 2.42. The Morgan fingerprint density at radius 1 is 1.08 bits per heavy atom. The van der Waals surface area contributed by atoms with Gasteiger partial charge in [0, 0.05) is 22.3 Å². The fourth-order valence-electron chi connectivity index (χ4n) is 3.95. The zero-order chi connectivity index (χ0) is 17.2. The molecule has 1 N–H and O–H groups in total. The fraction of sp³-hybridized carbons (Fsp3) is 0.300. The first-order valence-corrected chi connectivity index (χ1v) is 8.02. The van der Waals surface area contributed by atoms with Gasteiger partial charge in [0.15, 0.2) is 11.6 Å². The average Bonchev–Trinajstić information content (AvgIpc) is 2.87. The number of methoxy groups -OCH3 is 1. The first kappa shape index (κ1) is 15.1. The maximum absolute atomic E-state index is 13.0. The summed E-state index contributed by atoms with van der Waals surface area (Å²) >= 11 is 0. The molecular formula is C20H18O4. The Bertz CT molecular complexity index is 922. The van der Waals surface area contributed by atoms with Crippen LogP contribution in [0.2, 0.25) is 0 Å². The molecule has 0 radical (unpaired) electrons. The lowest BCUT2D eigenvalue weighted by atomic mass is 9.79. The van der Waals surface area contributed by atoms with Gasteiger partial charge in [0.1, 0.15) is 5.75 Å². The van der Waals surface area contributed by atoms with Crippen LogP contribution in [0, 0.1) is 6.92 Å². The summed E-state index contributed by atoms with van der Waals surface area (Å²) < 4.78 is 5.19. The van der Waals surface area contributed by atoms with Crippen LogP contribution in [0.1, 0.15) is 61.9 Å². The zero-order valence-corrected chi connectivity index (χ0v) is 13.9. The quantitative estimate of drug-likeness (QED) is 0.748. The van der Waals surface area contributed by atoms with Gasteiger partial charge in [-0.3, -0.25) is 9.59 Å². The van der Waals surface area contributed by atoms with E-state index >= 15 is 0 Å². The van der Waals surface area contributed by atoms with Crippen LogP contribution in [-0.4, -0.2) is 23.8 Å². The Morgan fingerprint density at radius 3 is 2.54 bits per heavy atom. The molecule has 4 nitrogen and oxygen atoms in total. The molecule has 2 aliphatic carbocycles. The van der Waals surface area contributed by atoms with Crippen LogP contribution >= 0.6 is 0 Å². The van der Waals surface area contributed by atoms with Crippen LogP contribution in [0.15, 0.2) is 24.3 Å². The number of carbonyl (C=O) groups is 2. The van der Waals surface area contributed by atoms with Crippen molar-refractivity contribution in [3.05, 3.63) is 63.2 Å². The van der Waals surface area contributed by atoms with Gasteiger partial charge in [-0.25, -0.2) is 0 Å². The van der Waals surface area contributed by atoms with Gasteiger partial charge in [0.2, 0.25) is 0 Å². The second kappa shape index (κ2) is 4.77. The number of fused-ring (bicyclic) bond motifs is 3. The SMILES string of the molecule is COc1ccc2c(c1)C(=O)c1c(cc3c(c1C)CCC3(C)O)C2=O. The van der Waals surface area contributed by atoms with Crippen molar-refractivity contribution in [1.29, 1.82) is 0 Å². The molecule has 0 spiro atoms. The van der Waals surface area contributed by atoms with Crippen molar-refractivity contribution in [3.8, 4) is 5.75 Å². The first-order valence-electron chi connectivity index (χ1n) is 8.02. The third-order valence-electron chi connectivity index (χ3n) is 5.34. The highest BCUT2D eigenvalue weighted by Gasteiger charge is 2.39. The van der Waals surface area contributed by atoms with Gasteiger partial charge in [-0.15, -0.1) is 0 Å². The molecule has 0 aromatic heterocycles. The largest absolute Gasteiger partial charge is 0.497 e. The number of rotatable bonds is 1. The van der Waals surface area contributed by atoms with Crippen LogP contribution in [0.25, 0.3) is 0 Å². The van der Waals surface area contributed by atoms with Gasteiger partial charge >= 0.3 is 0 Å². The van der Waals surface area contributed by atoms with E-state index in [2.05, 4.69) is 0 Å². The van der Waals surface area contributed by atoms with Gasteiger partial charge in [-0.1, -0.05) is 0 Å². The highest BCUT2D eigenvalue weighted by atomic mass is 16.5. The van der Waals surface area contributed by atoms with Crippen LogP contribution in [0.3, 0.4) is 0 Å². The summed E-state index contributed by atoms with van der Waals surface area (Å²) in [6.07, 6.45) is 1.32. The lowest BCUT2D eigenvalue weighted by molar-refractivity contribution is 0.0594. The van der Waals surface area contributed by atoms with Crippen molar-refractivity contribution < 1.29 is 19.4 Å². The van der Waals surface area contributed by atoms with E-state index in [4.69, 9.17) is 4.74 Å². The number of benzene rings is 2. The number of ketones is 2. The topological polar surface area (TPSA) is 63.6 Å². The van der Waals surface area contributed by atoms with E-state index in [0.717, 1.165) is 16.7 Å². The Kier molecular flexibility index (Phi) is 3.00. The van der Waals surface area contributed by atoms with E-state index in [-0.39, 0.29) is 11.6 Å². The number of hydrogen-bond acceptors (Lipinski definition) is 4. The fourth-order valence-corrected chi connectivity index (χ4v) is 3.95. The smallest absolute Gasteiger partial charge is 0.194 e. The van der Waals surface area contributed by atoms with E-state index in [1.807, 2.05) is 6.92 Å². The van der Waals surface area contributed by atoms with Crippen molar-refractivity contribution >= 4 is 11.6 Å². The van der Waals surface area contributed by atoms with Crippen LogP contribution in [-0.2, 0) is 12.0 Å². The summed E-state index contributed by atoms with van der Waals surface area (Å²) in [6, 6.07) is 6.67. The monoisotopic (exact) mass is 322 g/mol. The van der Waals surface area contributed by atoms with E-state index in [0.29, 0.717) is 40.8 Å². The predicted molar refractivity (Wildman–Crippen MR) is 88.9 cm³/mol. The Morgan fingerprint density at radius 2 is 1.83 bits per heavy atom. The molecule has 4 rings (SSSR count). The lowest BCUT2D eigenvalue weighted by Gasteiger charge is -2.24. The minimum Gasteiger partial charge on any atom is -0.497 e. The van der Waals surface area contributed by atoms with Crippen molar-refractivity contribution in [3.63, 3.8) is 0 Å². The predicted octanol–water partition coefficient (Wildman–Crippen LogP) is 2.93. The molecule has 0 bridgehead atoms. The number of ether oxygens (including phenoxy) is 1. The van der Waals surface area contributed by atoms with Gasteiger partial charge in [-0.2, -0.15) is 0 Å². The van der Waals surface area contributed by atoms with Crippen molar-refractivity contribution in [2.45, 2.75) is 32.3 Å².